The molecule has 2 heterocycles. The van der Waals surface area contributed by atoms with Crippen LogP contribution < -0.4 is 0 Å². The van der Waals surface area contributed by atoms with Gasteiger partial charge < -0.3 is 9.80 Å². The van der Waals surface area contributed by atoms with Gasteiger partial charge in [-0.2, -0.15) is 0 Å². The highest BCUT2D eigenvalue weighted by Crippen LogP contribution is 2.25. The number of halogens is 1. The van der Waals surface area contributed by atoms with Crippen molar-refractivity contribution in [2.24, 2.45) is 5.92 Å². The molecule has 0 radical (unpaired) electrons. The quantitative estimate of drug-likeness (QED) is 0.653. The highest BCUT2D eigenvalue weighted by Gasteiger charge is 2.29. The summed E-state index contributed by atoms with van der Waals surface area (Å²) in [6, 6.07) is 13.5. The highest BCUT2D eigenvalue weighted by atomic mass is 32.1. The minimum absolute atomic E-state index is 0.0911. The molecule has 5 nitrogen and oxygen atoms in total. The van der Waals surface area contributed by atoms with Crippen molar-refractivity contribution >= 4 is 33.4 Å². The Hall–Kier alpha value is -2.80. The van der Waals surface area contributed by atoms with Crippen LogP contribution in [0.15, 0.2) is 48.5 Å². The lowest BCUT2D eigenvalue weighted by Gasteiger charge is -2.33. The standard InChI is InChI=1S/C22H22FN3O2S/c1-25(14-20-24-18-4-2-3-5-19(18)29-20)21(27)16-10-12-26(13-11-16)22(28)15-6-8-17(23)9-7-15/h2-9,16H,10-14H2,1H3. The Morgan fingerprint density at radius 1 is 1.14 bits per heavy atom. The van der Waals surface area contributed by atoms with Crippen molar-refractivity contribution in [3.05, 3.63) is 64.9 Å². The van der Waals surface area contributed by atoms with E-state index in [2.05, 4.69) is 4.98 Å². The number of carbonyl (C=O) groups is 2. The minimum Gasteiger partial charge on any atom is -0.339 e. The van der Waals surface area contributed by atoms with Gasteiger partial charge in [0.25, 0.3) is 5.91 Å². The van der Waals surface area contributed by atoms with E-state index in [-0.39, 0.29) is 23.5 Å². The van der Waals surface area contributed by atoms with Crippen LogP contribution in [0.2, 0.25) is 0 Å². The molecule has 0 atom stereocenters. The molecule has 2 amide bonds. The van der Waals surface area contributed by atoms with Gasteiger partial charge in [-0.1, -0.05) is 12.1 Å². The Labute approximate surface area is 172 Å². The maximum atomic E-state index is 13.1. The van der Waals surface area contributed by atoms with E-state index in [0.717, 1.165) is 15.2 Å². The van der Waals surface area contributed by atoms with Crippen LogP contribution in [-0.2, 0) is 11.3 Å². The van der Waals surface area contributed by atoms with Crippen LogP contribution >= 0.6 is 11.3 Å². The van der Waals surface area contributed by atoms with Gasteiger partial charge >= 0.3 is 0 Å². The lowest BCUT2D eigenvalue weighted by Crippen LogP contribution is -2.43. The molecule has 0 N–H and O–H groups in total. The summed E-state index contributed by atoms with van der Waals surface area (Å²) in [5, 5.41) is 0.922. The molecule has 0 unspecified atom stereocenters. The zero-order valence-corrected chi connectivity index (χ0v) is 17.0. The molecule has 0 aliphatic carbocycles. The molecule has 29 heavy (non-hydrogen) atoms. The third-order valence-corrected chi connectivity index (χ3v) is 6.33. The lowest BCUT2D eigenvalue weighted by molar-refractivity contribution is -0.136. The van der Waals surface area contributed by atoms with Crippen molar-refractivity contribution in [1.82, 2.24) is 14.8 Å². The molecule has 1 aliphatic rings. The molecule has 1 saturated heterocycles. The van der Waals surface area contributed by atoms with Crippen LogP contribution in [-0.4, -0.2) is 46.7 Å². The van der Waals surface area contributed by atoms with E-state index in [1.54, 1.807) is 21.1 Å². The number of fused-ring (bicyclic) bond motifs is 1. The van der Waals surface area contributed by atoms with E-state index in [4.69, 9.17) is 0 Å². The minimum atomic E-state index is -0.359. The second-order valence-corrected chi connectivity index (χ2v) is 8.46. The summed E-state index contributed by atoms with van der Waals surface area (Å²) in [6.07, 6.45) is 1.27. The fourth-order valence-corrected chi connectivity index (χ4v) is 4.71. The van der Waals surface area contributed by atoms with E-state index < -0.39 is 0 Å². The molecule has 150 valence electrons. The average molecular weight is 412 g/mol. The van der Waals surface area contributed by atoms with Gasteiger partial charge in [-0.15, -0.1) is 11.3 Å². The average Bonchev–Trinajstić information content (AvgIpc) is 3.15. The number of rotatable bonds is 4. The number of para-hydroxylation sites is 1. The number of aromatic nitrogens is 1. The second-order valence-electron chi connectivity index (χ2n) is 7.34. The third kappa shape index (κ3) is 4.29. The SMILES string of the molecule is CN(Cc1nc2ccccc2s1)C(=O)C1CCN(C(=O)c2ccc(F)cc2)CC1. The Bertz CT molecular complexity index is 993. The van der Waals surface area contributed by atoms with Gasteiger partial charge in [-0.25, -0.2) is 9.37 Å². The predicted octanol–water partition coefficient (Wildman–Crippen LogP) is 3.95. The van der Waals surface area contributed by atoms with Crippen LogP contribution in [0.1, 0.15) is 28.2 Å². The molecule has 3 aromatic rings. The number of hydrogen-bond donors (Lipinski definition) is 0. The molecular formula is C22H22FN3O2S. The fraction of sp³-hybridized carbons (Fsp3) is 0.318. The van der Waals surface area contributed by atoms with E-state index >= 15 is 0 Å². The predicted molar refractivity (Wildman–Crippen MR) is 111 cm³/mol. The number of benzene rings is 2. The summed E-state index contributed by atoms with van der Waals surface area (Å²) in [4.78, 5) is 33.5. The van der Waals surface area contributed by atoms with Crippen molar-refractivity contribution in [1.29, 1.82) is 0 Å². The van der Waals surface area contributed by atoms with Gasteiger partial charge in [0, 0.05) is 31.6 Å². The summed E-state index contributed by atoms with van der Waals surface area (Å²) in [7, 11) is 1.81. The van der Waals surface area contributed by atoms with Gasteiger partial charge in [0.15, 0.2) is 0 Å². The Balaban J connectivity index is 1.33. The zero-order chi connectivity index (χ0) is 20.4. The number of carbonyl (C=O) groups excluding carboxylic acids is 2. The molecule has 4 rings (SSSR count). The Kier molecular flexibility index (Phi) is 5.58. The first-order valence-electron chi connectivity index (χ1n) is 9.65. The topological polar surface area (TPSA) is 53.5 Å². The van der Waals surface area contributed by atoms with Crippen molar-refractivity contribution < 1.29 is 14.0 Å². The van der Waals surface area contributed by atoms with Crippen LogP contribution in [0.5, 0.6) is 0 Å². The fourth-order valence-electron chi connectivity index (χ4n) is 3.68. The van der Waals surface area contributed by atoms with Gasteiger partial charge in [0.05, 0.1) is 16.8 Å². The molecule has 1 aromatic heterocycles. The largest absolute Gasteiger partial charge is 0.339 e. The maximum absolute atomic E-state index is 13.1. The van der Waals surface area contributed by atoms with Crippen LogP contribution in [0.3, 0.4) is 0 Å². The zero-order valence-electron chi connectivity index (χ0n) is 16.2. The Morgan fingerprint density at radius 2 is 1.83 bits per heavy atom. The van der Waals surface area contributed by atoms with Gasteiger partial charge in [-0.05, 0) is 49.2 Å². The maximum Gasteiger partial charge on any atom is 0.253 e. The number of amides is 2. The third-order valence-electron chi connectivity index (χ3n) is 5.31. The van der Waals surface area contributed by atoms with E-state index in [1.165, 1.54) is 24.3 Å². The van der Waals surface area contributed by atoms with Crippen molar-refractivity contribution in [2.45, 2.75) is 19.4 Å². The van der Waals surface area contributed by atoms with Crippen LogP contribution in [0, 0.1) is 11.7 Å². The summed E-state index contributed by atoms with van der Waals surface area (Å²) >= 11 is 1.61. The summed E-state index contributed by atoms with van der Waals surface area (Å²) in [6.45, 7) is 1.55. The lowest BCUT2D eigenvalue weighted by atomic mass is 9.95. The number of nitrogens with zero attached hydrogens (tertiary/aromatic N) is 3. The summed E-state index contributed by atoms with van der Waals surface area (Å²) in [5.74, 6) is -0.467. The number of hydrogen-bond acceptors (Lipinski definition) is 4. The smallest absolute Gasteiger partial charge is 0.253 e. The molecule has 7 heteroatoms. The van der Waals surface area contributed by atoms with Crippen LogP contribution in [0.25, 0.3) is 10.2 Å². The first kappa shape index (κ1) is 19.5. The number of likely N-dealkylation sites (tertiary alicyclic amines) is 1. The number of thiazole rings is 1. The van der Waals surface area contributed by atoms with Gasteiger partial charge in [0.2, 0.25) is 5.91 Å². The van der Waals surface area contributed by atoms with Crippen molar-refractivity contribution in [2.75, 3.05) is 20.1 Å². The van der Waals surface area contributed by atoms with Gasteiger partial charge in [0.1, 0.15) is 10.8 Å². The molecular weight excluding hydrogens is 389 g/mol. The van der Waals surface area contributed by atoms with E-state index in [0.29, 0.717) is 38.0 Å². The Morgan fingerprint density at radius 3 is 2.52 bits per heavy atom. The van der Waals surface area contributed by atoms with Crippen molar-refractivity contribution in [3.63, 3.8) is 0 Å². The molecule has 1 fully saturated rings. The normalized spacial score (nSPS) is 14.9. The second kappa shape index (κ2) is 8.29. The first-order chi connectivity index (χ1) is 14.0. The highest BCUT2D eigenvalue weighted by molar-refractivity contribution is 7.18. The molecule has 0 saturated carbocycles. The molecule has 0 bridgehead atoms. The van der Waals surface area contributed by atoms with Crippen molar-refractivity contribution in [3.8, 4) is 0 Å². The van der Waals surface area contributed by atoms with Crippen LogP contribution in [0.4, 0.5) is 4.39 Å². The monoisotopic (exact) mass is 411 g/mol. The first-order valence-corrected chi connectivity index (χ1v) is 10.5. The molecule has 0 spiro atoms. The summed E-state index contributed by atoms with van der Waals surface area (Å²) < 4.78 is 14.2. The van der Waals surface area contributed by atoms with Gasteiger partial charge in [-0.3, -0.25) is 9.59 Å². The molecule has 1 aliphatic heterocycles. The summed E-state index contributed by atoms with van der Waals surface area (Å²) in [5.41, 5.74) is 1.44. The molecule has 2 aromatic carbocycles. The number of piperidine rings is 1. The van der Waals surface area contributed by atoms with E-state index in [9.17, 15) is 14.0 Å². The van der Waals surface area contributed by atoms with E-state index in [1.807, 2.05) is 31.3 Å².